The number of carbonyl (C=O) groups is 1. The zero-order valence-electron chi connectivity index (χ0n) is 11.4. The third kappa shape index (κ3) is 4.87. The number of hydrogen-bond acceptors (Lipinski definition) is 4. The van der Waals surface area contributed by atoms with E-state index in [1.165, 1.54) is 0 Å². The second kappa shape index (κ2) is 7.16. The van der Waals surface area contributed by atoms with Crippen molar-refractivity contribution in [2.75, 3.05) is 11.9 Å². The second-order valence-corrected chi connectivity index (χ2v) is 5.00. The van der Waals surface area contributed by atoms with Gasteiger partial charge in [0.2, 0.25) is 11.8 Å². The molecule has 0 radical (unpaired) electrons. The molecule has 5 nitrogen and oxygen atoms in total. The van der Waals surface area contributed by atoms with Gasteiger partial charge in [-0.2, -0.15) is 0 Å². The Bertz CT molecular complexity index is 374. The lowest BCUT2D eigenvalue weighted by Crippen LogP contribution is -2.18. The van der Waals surface area contributed by atoms with Gasteiger partial charge in [-0.05, 0) is 38.1 Å². The van der Waals surface area contributed by atoms with Crippen molar-refractivity contribution in [2.24, 2.45) is 17.6 Å². The van der Waals surface area contributed by atoms with Gasteiger partial charge in [0, 0.05) is 12.5 Å². The van der Waals surface area contributed by atoms with Gasteiger partial charge in [0.05, 0.1) is 5.69 Å². The maximum Gasteiger partial charge on any atom is 0.231 e. The molecule has 1 atom stereocenters. The fraction of sp³-hybridized carbons (Fsp3) is 0.692. The summed E-state index contributed by atoms with van der Waals surface area (Å²) in [6.07, 6.45) is 2.31. The van der Waals surface area contributed by atoms with Crippen molar-refractivity contribution in [3.8, 4) is 0 Å². The number of hydrogen-bond donors (Lipinski definition) is 2. The van der Waals surface area contributed by atoms with E-state index in [2.05, 4.69) is 24.3 Å². The molecule has 0 bridgehead atoms. The molecule has 1 unspecified atom stereocenters. The lowest BCUT2D eigenvalue weighted by molar-refractivity contribution is -0.116. The highest BCUT2D eigenvalue weighted by Crippen LogP contribution is 2.20. The fourth-order valence-electron chi connectivity index (χ4n) is 1.96. The number of carbonyl (C=O) groups excluding carboxylic acids is 1. The molecule has 0 aliphatic rings. The molecule has 1 amide bonds. The Kier molecular flexibility index (Phi) is 5.85. The molecule has 5 heteroatoms. The molecule has 0 spiro atoms. The highest BCUT2D eigenvalue weighted by atomic mass is 16.5. The first-order valence-corrected chi connectivity index (χ1v) is 6.46. The third-order valence-electron chi connectivity index (χ3n) is 3.11. The number of aromatic nitrogens is 1. The summed E-state index contributed by atoms with van der Waals surface area (Å²) < 4.78 is 4.93. The smallest absolute Gasteiger partial charge is 0.231 e. The van der Waals surface area contributed by atoms with Gasteiger partial charge in [0.1, 0.15) is 0 Å². The molecule has 1 heterocycles. The molecule has 0 aromatic carbocycles. The number of aryl methyl sites for hydroxylation is 1. The number of nitrogens with zero attached hydrogens (tertiary/aromatic N) is 1. The van der Waals surface area contributed by atoms with E-state index in [0.717, 1.165) is 18.5 Å². The first-order valence-electron chi connectivity index (χ1n) is 6.46. The van der Waals surface area contributed by atoms with Crippen molar-refractivity contribution in [1.29, 1.82) is 0 Å². The Morgan fingerprint density at radius 1 is 1.50 bits per heavy atom. The summed E-state index contributed by atoms with van der Waals surface area (Å²) in [4.78, 5) is 11.7. The normalized spacial score (nSPS) is 12.7. The quantitative estimate of drug-likeness (QED) is 0.781. The van der Waals surface area contributed by atoms with E-state index in [0.29, 0.717) is 30.7 Å². The average molecular weight is 253 g/mol. The number of amides is 1. The first kappa shape index (κ1) is 14.7. The van der Waals surface area contributed by atoms with Crippen molar-refractivity contribution >= 4 is 11.8 Å². The zero-order valence-corrected chi connectivity index (χ0v) is 11.4. The van der Waals surface area contributed by atoms with E-state index in [1.54, 1.807) is 6.07 Å². The Morgan fingerprint density at radius 3 is 2.72 bits per heavy atom. The minimum atomic E-state index is -0.0335. The van der Waals surface area contributed by atoms with Crippen LogP contribution in [0.3, 0.4) is 0 Å². The standard InChI is InChI=1S/C13H23N3O2/c1-9(2)11(6-7-14)4-5-12(17)15-13-8-10(3)16-18-13/h8-9,11H,4-7,14H2,1-3H3,(H,15,17). The van der Waals surface area contributed by atoms with Gasteiger partial charge >= 0.3 is 0 Å². The molecule has 0 saturated heterocycles. The van der Waals surface area contributed by atoms with Gasteiger partial charge in [0.15, 0.2) is 0 Å². The average Bonchev–Trinajstić information content (AvgIpc) is 2.69. The predicted octanol–water partition coefficient (Wildman–Crippen LogP) is 2.32. The molecule has 0 aliphatic heterocycles. The van der Waals surface area contributed by atoms with Crippen LogP contribution in [0.25, 0.3) is 0 Å². The highest BCUT2D eigenvalue weighted by molar-refractivity contribution is 5.89. The summed E-state index contributed by atoms with van der Waals surface area (Å²) in [6.45, 7) is 6.82. The van der Waals surface area contributed by atoms with Crippen LogP contribution in [0.15, 0.2) is 10.6 Å². The Hall–Kier alpha value is -1.36. The molecule has 0 saturated carbocycles. The van der Waals surface area contributed by atoms with Gasteiger partial charge in [-0.1, -0.05) is 19.0 Å². The molecule has 18 heavy (non-hydrogen) atoms. The van der Waals surface area contributed by atoms with Crippen molar-refractivity contribution in [3.05, 3.63) is 11.8 Å². The predicted molar refractivity (Wildman–Crippen MR) is 71.1 cm³/mol. The topological polar surface area (TPSA) is 81.2 Å². The molecule has 3 N–H and O–H groups in total. The van der Waals surface area contributed by atoms with Crippen LogP contribution in [0.5, 0.6) is 0 Å². The van der Waals surface area contributed by atoms with Crippen LogP contribution in [0.2, 0.25) is 0 Å². The van der Waals surface area contributed by atoms with E-state index >= 15 is 0 Å². The highest BCUT2D eigenvalue weighted by Gasteiger charge is 2.15. The first-order chi connectivity index (χ1) is 8.52. The van der Waals surface area contributed by atoms with Gasteiger partial charge in [-0.25, -0.2) is 0 Å². The molecular weight excluding hydrogens is 230 g/mol. The summed E-state index contributed by atoms with van der Waals surface area (Å²) in [5.74, 6) is 1.43. The van der Waals surface area contributed by atoms with Gasteiger partial charge in [-0.15, -0.1) is 0 Å². The maximum absolute atomic E-state index is 11.7. The van der Waals surface area contributed by atoms with Crippen LogP contribution in [0.1, 0.15) is 38.8 Å². The van der Waals surface area contributed by atoms with Crippen LogP contribution in [-0.4, -0.2) is 17.6 Å². The van der Waals surface area contributed by atoms with Gasteiger partial charge < -0.3 is 10.3 Å². The molecular formula is C13H23N3O2. The Balaban J connectivity index is 2.35. The summed E-state index contributed by atoms with van der Waals surface area (Å²) in [5, 5.41) is 6.42. The second-order valence-electron chi connectivity index (χ2n) is 5.00. The van der Waals surface area contributed by atoms with Crippen molar-refractivity contribution in [3.63, 3.8) is 0 Å². The summed E-state index contributed by atoms with van der Waals surface area (Å²) in [7, 11) is 0. The molecule has 102 valence electrons. The van der Waals surface area contributed by atoms with Crippen LogP contribution < -0.4 is 11.1 Å². The van der Waals surface area contributed by atoms with Crippen LogP contribution in [0, 0.1) is 18.8 Å². The lowest BCUT2D eigenvalue weighted by Gasteiger charge is -2.19. The van der Waals surface area contributed by atoms with E-state index in [9.17, 15) is 4.79 Å². The SMILES string of the molecule is Cc1cc(NC(=O)CCC(CCN)C(C)C)on1. The van der Waals surface area contributed by atoms with E-state index < -0.39 is 0 Å². The molecule has 1 aromatic rings. The number of nitrogens with two attached hydrogens (primary N) is 1. The Morgan fingerprint density at radius 2 is 2.22 bits per heavy atom. The van der Waals surface area contributed by atoms with Crippen LogP contribution in [0.4, 0.5) is 5.88 Å². The Labute approximate surface area is 108 Å². The maximum atomic E-state index is 11.7. The van der Waals surface area contributed by atoms with Gasteiger partial charge in [0.25, 0.3) is 0 Å². The molecule has 1 aromatic heterocycles. The minimum absolute atomic E-state index is 0.0335. The van der Waals surface area contributed by atoms with Crippen molar-refractivity contribution < 1.29 is 9.32 Å². The summed E-state index contributed by atoms with van der Waals surface area (Å²) >= 11 is 0. The third-order valence-corrected chi connectivity index (χ3v) is 3.11. The fourth-order valence-corrected chi connectivity index (χ4v) is 1.96. The largest absolute Gasteiger partial charge is 0.338 e. The number of nitrogens with one attached hydrogen (secondary N) is 1. The van der Waals surface area contributed by atoms with E-state index in [4.69, 9.17) is 10.3 Å². The van der Waals surface area contributed by atoms with Gasteiger partial charge in [-0.3, -0.25) is 10.1 Å². The van der Waals surface area contributed by atoms with E-state index in [1.807, 2.05) is 6.92 Å². The lowest BCUT2D eigenvalue weighted by atomic mass is 9.88. The summed E-state index contributed by atoms with van der Waals surface area (Å²) in [6, 6.07) is 1.71. The molecule has 0 fully saturated rings. The molecule has 0 aliphatic carbocycles. The van der Waals surface area contributed by atoms with Crippen LogP contribution >= 0.6 is 0 Å². The zero-order chi connectivity index (χ0) is 13.5. The molecule has 1 rings (SSSR count). The number of rotatable bonds is 7. The van der Waals surface area contributed by atoms with Crippen molar-refractivity contribution in [1.82, 2.24) is 5.16 Å². The van der Waals surface area contributed by atoms with E-state index in [-0.39, 0.29) is 5.91 Å². The minimum Gasteiger partial charge on any atom is -0.338 e. The van der Waals surface area contributed by atoms with Crippen molar-refractivity contribution in [2.45, 2.75) is 40.0 Å². The van der Waals surface area contributed by atoms with Crippen LogP contribution in [-0.2, 0) is 4.79 Å². The summed E-state index contributed by atoms with van der Waals surface area (Å²) in [5.41, 5.74) is 6.33. The monoisotopic (exact) mass is 253 g/mol. The number of anilines is 1.